The van der Waals surface area contributed by atoms with Crippen LogP contribution in [-0.2, 0) is 7.05 Å². The van der Waals surface area contributed by atoms with Crippen molar-refractivity contribution in [1.82, 2.24) is 14.2 Å². The minimum atomic E-state index is -0.156. The van der Waals surface area contributed by atoms with Gasteiger partial charge in [-0.3, -0.25) is 9.48 Å². The first-order valence-electron chi connectivity index (χ1n) is 5.04. The molecule has 2 heterocycles. The molecule has 0 atom stereocenters. The first-order valence-corrected chi connectivity index (χ1v) is 8.26. The number of carbonyl (C=O) groups is 1. The number of hydrogen-bond donors (Lipinski definition) is 1. The number of anilines is 1. The lowest BCUT2D eigenvalue weighted by molar-refractivity contribution is 0.102. The van der Waals surface area contributed by atoms with E-state index in [4.69, 9.17) is 0 Å². The molecule has 0 aliphatic rings. The van der Waals surface area contributed by atoms with Gasteiger partial charge in [0.1, 0.15) is 5.03 Å². The van der Waals surface area contributed by atoms with E-state index >= 15 is 0 Å². The maximum absolute atomic E-state index is 12.2. The van der Waals surface area contributed by atoms with Crippen molar-refractivity contribution in [3.8, 4) is 0 Å². The van der Waals surface area contributed by atoms with Gasteiger partial charge in [-0.1, -0.05) is 0 Å². The lowest BCUT2D eigenvalue weighted by Crippen LogP contribution is -2.13. The van der Waals surface area contributed by atoms with Crippen LogP contribution in [0.4, 0.5) is 5.82 Å². The molecule has 2 aromatic rings. The van der Waals surface area contributed by atoms with E-state index in [1.807, 2.05) is 19.6 Å². The lowest BCUT2D eigenvalue weighted by Gasteiger charge is -2.03. The number of thioether (sulfide) groups is 2. The molecule has 2 rings (SSSR count). The van der Waals surface area contributed by atoms with Crippen LogP contribution >= 0.6 is 35.1 Å². The molecule has 1 amide bonds. The Morgan fingerprint density at radius 2 is 2.22 bits per heavy atom. The predicted octanol–water partition coefficient (Wildman–Crippen LogP) is 2.57. The standard InChI is InChI=1S/C10H12N4OS3/c1-14-5-4-6(12-14)11-8(15)7-9(16-2)13-18-10(7)17-3/h4-5H,1-3H3,(H,11,12,15). The number of rotatable bonds is 4. The molecule has 5 nitrogen and oxygen atoms in total. The second-order valence-corrected chi connectivity index (χ2v) is 6.03. The lowest BCUT2D eigenvalue weighted by atomic mass is 10.3. The molecule has 96 valence electrons. The van der Waals surface area contributed by atoms with Crippen LogP contribution < -0.4 is 5.32 Å². The molecule has 0 fully saturated rings. The summed E-state index contributed by atoms with van der Waals surface area (Å²) in [5.74, 6) is 0.393. The van der Waals surface area contributed by atoms with Gasteiger partial charge in [-0.2, -0.15) is 9.47 Å². The molecule has 2 aromatic heterocycles. The molecule has 0 aliphatic carbocycles. The monoisotopic (exact) mass is 300 g/mol. The number of carbonyl (C=O) groups excluding carboxylic acids is 1. The quantitative estimate of drug-likeness (QED) is 0.879. The van der Waals surface area contributed by atoms with Gasteiger partial charge in [0.05, 0.1) is 9.77 Å². The topological polar surface area (TPSA) is 59.8 Å². The molecule has 8 heteroatoms. The zero-order valence-corrected chi connectivity index (χ0v) is 12.6. The fourth-order valence-corrected chi connectivity index (χ4v) is 3.67. The Morgan fingerprint density at radius 3 is 2.78 bits per heavy atom. The van der Waals surface area contributed by atoms with Crippen LogP contribution in [0.5, 0.6) is 0 Å². The Balaban J connectivity index is 2.25. The maximum atomic E-state index is 12.2. The summed E-state index contributed by atoms with van der Waals surface area (Å²) in [4.78, 5) is 12.2. The van der Waals surface area contributed by atoms with Gasteiger partial charge in [-0.25, -0.2) is 0 Å². The van der Waals surface area contributed by atoms with E-state index in [-0.39, 0.29) is 5.91 Å². The molecule has 0 bridgehead atoms. The van der Waals surface area contributed by atoms with Crippen LogP contribution in [0.2, 0.25) is 0 Å². The van der Waals surface area contributed by atoms with Gasteiger partial charge in [-0.05, 0) is 24.0 Å². The fraction of sp³-hybridized carbons (Fsp3) is 0.300. The van der Waals surface area contributed by atoms with Gasteiger partial charge in [0.15, 0.2) is 5.82 Å². The van der Waals surface area contributed by atoms with Crippen molar-refractivity contribution >= 4 is 46.8 Å². The Kier molecular flexibility index (Phi) is 4.31. The molecule has 0 radical (unpaired) electrons. The van der Waals surface area contributed by atoms with Gasteiger partial charge in [-0.15, -0.1) is 23.5 Å². The van der Waals surface area contributed by atoms with Gasteiger partial charge in [0.2, 0.25) is 0 Å². The summed E-state index contributed by atoms with van der Waals surface area (Å²) < 4.78 is 6.84. The van der Waals surface area contributed by atoms with E-state index in [2.05, 4.69) is 14.8 Å². The minimum absolute atomic E-state index is 0.156. The number of nitrogens with one attached hydrogen (secondary N) is 1. The average Bonchev–Trinajstić information content (AvgIpc) is 2.94. The Morgan fingerprint density at radius 1 is 1.44 bits per heavy atom. The third kappa shape index (κ3) is 2.70. The average molecular weight is 300 g/mol. The number of aryl methyl sites for hydroxylation is 1. The van der Waals surface area contributed by atoms with Gasteiger partial charge in [0.25, 0.3) is 5.91 Å². The molecule has 0 unspecified atom stereocenters. The summed E-state index contributed by atoms with van der Waals surface area (Å²) in [6.07, 6.45) is 5.64. The van der Waals surface area contributed by atoms with Crippen LogP contribution in [0.1, 0.15) is 10.4 Å². The van der Waals surface area contributed by atoms with Crippen molar-refractivity contribution < 1.29 is 4.79 Å². The SMILES string of the molecule is CSc1nsc(SC)c1C(=O)Nc1ccn(C)n1. The zero-order chi connectivity index (χ0) is 13.1. The minimum Gasteiger partial charge on any atom is -0.305 e. The highest BCUT2D eigenvalue weighted by atomic mass is 32.2. The van der Waals surface area contributed by atoms with Crippen molar-refractivity contribution in [3.63, 3.8) is 0 Å². The smallest absolute Gasteiger partial charge is 0.261 e. The first-order chi connectivity index (χ1) is 8.65. The van der Waals surface area contributed by atoms with Crippen molar-refractivity contribution in [2.45, 2.75) is 9.24 Å². The van der Waals surface area contributed by atoms with Crippen LogP contribution in [-0.4, -0.2) is 32.6 Å². The second-order valence-electron chi connectivity index (χ2n) is 3.39. The summed E-state index contributed by atoms with van der Waals surface area (Å²) in [6.45, 7) is 0. The largest absolute Gasteiger partial charge is 0.305 e. The third-order valence-electron chi connectivity index (χ3n) is 2.19. The second kappa shape index (κ2) is 5.77. The highest BCUT2D eigenvalue weighted by Gasteiger charge is 2.20. The van der Waals surface area contributed by atoms with Gasteiger partial charge >= 0.3 is 0 Å². The van der Waals surface area contributed by atoms with Crippen LogP contribution in [0.3, 0.4) is 0 Å². The van der Waals surface area contributed by atoms with E-state index in [1.165, 1.54) is 35.1 Å². The molecular weight excluding hydrogens is 288 g/mol. The Hall–Kier alpha value is -0.990. The number of nitrogens with zero attached hydrogens (tertiary/aromatic N) is 3. The van der Waals surface area contributed by atoms with E-state index in [0.29, 0.717) is 11.4 Å². The Labute approximate surface area is 118 Å². The number of amides is 1. The molecule has 1 N–H and O–H groups in total. The highest BCUT2D eigenvalue weighted by Crippen LogP contribution is 2.32. The van der Waals surface area contributed by atoms with Gasteiger partial charge < -0.3 is 5.32 Å². The van der Waals surface area contributed by atoms with E-state index in [1.54, 1.807) is 16.9 Å². The normalized spacial score (nSPS) is 10.6. The number of aromatic nitrogens is 3. The summed E-state index contributed by atoms with van der Waals surface area (Å²) >= 11 is 4.36. The van der Waals surface area contributed by atoms with E-state index in [9.17, 15) is 4.79 Å². The zero-order valence-electron chi connectivity index (χ0n) is 10.1. The summed E-state index contributed by atoms with van der Waals surface area (Å²) in [5.41, 5.74) is 0.644. The molecule has 0 saturated carbocycles. The Bertz CT molecular complexity index is 542. The first kappa shape index (κ1) is 13.4. The molecule has 0 aliphatic heterocycles. The van der Waals surface area contributed by atoms with Crippen LogP contribution in [0.25, 0.3) is 0 Å². The molecule has 0 saturated heterocycles. The third-order valence-corrected chi connectivity index (χ3v) is 4.93. The van der Waals surface area contributed by atoms with E-state index < -0.39 is 0 Å². The maximum Gasteiger partial charge on any atom is 0.261 e. The molecule has 0 aromatic carbocycles. The molecule has 0 spiro atoms. The van der Waals surface area contributed by atoms with Crippen molar-refractivity contribution in [1.29, 1.82) is 0 Å². The molecular formula is C10H12N4OS3. The van der Waals surface area contributed by atoms with Crippen LogP contribution in [0, 0.1) is 0 Å². The molecule has 18 heavy (non-hydrogen) atoms. The van der Waals surface area contributed by atoms with E-state index in [0.717, 1.165) is 9.24 Å². The van der Waals surface area contributed by atoms with Crippen molar-refractivity contribution in [3.05, 3.63) is 17.8 Å². The summed E-state index contributed by atoms with van der Waals surface area (Å²) in [6, 6.07) is 1.76. The summed E-state index contributed by atoms with van der Waals surface area (Å²) in [7, 11) is 1.81. The number of hydrogen-bond acceptors (Lipinski definition) is 6. The highest BCUT2D eigenvalue weighted by molar-refractivity contribution is 8.01. The van der Waals surface area contributed by atoms with Crippen molar-refractivity contribution in [2.75, 3.05) is 17.8 Å². The van der Waals surface area contributed by atoms with Crippen LogP contribution in [0.15, 0.2) is 21.5 Å². The summed E-state index contributed by atoms with van der Waals surface area (Å²) in [5, 5.41) is 7.67. The van der Waals surface area contributed by atoms with Crippen molar-refractivity contribution in [2.24, 2.45) is 7.05 Å². The van der Waals surface area contributed by atoms with Gasteiger partial charge in [0, 0.05) is 19.3 Å². The predicted molar refractivity (Wildman–Crippen MR) is 76.8 cm³/mol. The fourth-order valence-electron chi connectivity index (χ4n) is 1.39.